The molecule has 7 heteroatoms. The van der Waals surface area contributed by atoms with E-state index in [0.717, 1.165) is 11.3 Å². The Balaban J connectivity index is 2.02. The first-order valence-corrected chi connectivity index (χ1v) is 6.56. The van der Waals surface area contributed by atoms with Crippen molar-refractivity contribution in [2.75, 3.05) is 18.6 Å². The van der Waals surface area contributed by atoms with Gasteiger partial charge in [0.25, 0.3) is 0 Å². The summed E-state index contributed by atoms with van der Waals surface area (Å²) in [5.74, 6) is -0.0628. The third-order valence-corrected chi connectivity index (χ3v) is 3.00. The maximum absolute atomic E-state index is 11.9. The molecule has 0 saturated carbocycles. The molecule has 1 aliphatic heterocycles. The third kappa shape index (κ3) is 4.01. The van der Waals surface area contributed by atoms with Crippen LogP contribution in [0, 0.1) is 5.92 Å². The number of amides is 2. The lowest BCUT2D eigenvalue weighted by atomic mass is 9.94. The fraction of sp³-hybridized carbons (Fsp3) is 0.357. The molecule has 1 aromatic carbocycles. The Labute approximate surface area is 121 Å². The zero-order chi connectivity index (χ0) is 15.2. The van der Waals surface area contributed by atoms with Gasteiger partial charge in [-0.15, -0.1) is 0 Å². The Morgan fingerprint density at radius 2 is 2.19 bits per heavy atom. The summed E-state index contributed by atoms with van der Waals surface area (Å²) >= 11 is 0. The van der Waals surface area contributed by atoms with Gasteiger partial charge in [-0.3, -0.25) is 10.1 Å². The number of nitrogens with zero attached hydrogens (tertiary/aromatic N) is 1. The topological polar surface area (TPSA) is 79.8 Å². The molecule has 0 saturated heterocycles. The van der Waals surface area contributed by atoms with E-state index in [1.165, 1.54) is 0 Å². The van der Waals surface area contributed by atoms with E-state index in [4.69, 9.17) is 0 Å². The first-order valence-electron chi connectivity index (χ1n) is 6.56. The lowest BCUT2D eigenvalue weighted by Gasteiger charge is -2.19. The summed E-state index contributed by atoms with van der Waals surface area (Å²) in [6, 6.07) is 6.96. The molecule has 0 aromatic heterocycles. The highest BCUT2D eigenvalue weighted by Crippen LogP contribution is 2.18. The summed E-state index contributed by atoms with van der Waals surface area (Å²) < 4.78 is 16.4. The van der Waals surface area contributed by atoms with Crippen molar-refractivity contribution >= 4 is 23.4 Å². The van der Waals surface area contributed by atoms with Crippen molar-refractivity contribution in [1.82, 2.24) is 5.43 Å². The van der Waals surface area contributed by atoms with Gasteiger partial charge in [0.2, 0.25) is 5.91 Å². The van der Waals surface area contributed by atoms with E-state index in [1.54, 1.807) is 24.3 Å². The van der Waals surface area contributed by atoms with Crippen LogP contribution in [-0.2, 0) is 9.53 Å². The molecule has 2 rings (SSSR count). The lowest BCUT2D eigenvalue weighted by Crippen LogP contribution is -2.31. The molecule has 1 aliphatic rings. The summed E-state index contributed by atoms with van der Waals surface area (Å²) in [5, 5.41) is 6.54. The first-order chi connectivity index (χ1) is 10.1. The lowest BCUT2D eigenvalue weighted by molar-refractivity contribution is -0.121. The van der Waals surface area contributed by atoms with Gasteiger partial charge in [0.15, 0.2) is 0 Å². The molecule has 0 spiro atoms. The van der Waals surface area contributed by atoms with E-state index in [-0.39, 0.29) is 18.4 Å². The molecule has 1 unspecified atom stereocenters. The number of hydrogen-bond acceptors (Lipinski definition) is 4. The fourth-order valence-electron chi connectivity index (χ4n) is 2.01. The molecule has 21 heavy (non-hydrogen) atoms. The summed E-state index contributed by atoms with van der Waals surface area (Å²) in [5.41, 5.74) is 4.65. The molecular weight excluding hydrogens is 277 g/mol. The number of carbonyl (C=O) groups excluding carboxylic acids is 2. The average molecular weight is 293 g/mol. The van der Waals surface area contributed by atoms with Crippen molar-refractivity contribution in [3.8, 4) is 0 Å². The van der Waals surface area contributed by atoms with Crippen LogP contribution in [0.15, 0.2) is 29.4 Å². The predicted molar refractivity (Wildman–Crippen MR) is 75.8 cm³/mol. The standard InChI is InChI=1S/C14H16FN3O3/c1-9-8-12(19)17-18-13(9)10-2-4-11(5-3-10)16-14(20)21-7-6-15/h2-5,9H,6-8H2,1H3,(H,16,20)(H,17,19). The van der Waals surface area contributed by atoms with Crippen LogP contribution in [0.1, 0.15) is 18.9 Å². The third-order valence-electron chi connectivity index (χ3n) is 3.00. The molecule has 112 valence electrons. The number of hydrazone groups is 1. The highest BCUT2D eigenvalue weighted by Gasteiger charge is 2.21. The second-order valence-electron chi connectivity index (χ2n) is 4.66. The van der Waals surface area contributed by atoms with Gasteiger partial charge in [0, 0.05) is 18.0 Å². The number of alkyl halides is 1. The molecule has 1 heterocycles. The Morgan fingerprint density at radius 1 is 1.48 bits per heavy atom. The zero-order valence-corrected chi connectivity index (χ0v) is 11.6. The summed E-state index contributed by atoms with van der Waals surface area (Å²) in [4.78, 5) is 22.5. The number of carbonyl (C=O) groups is 2. The van der Waals surface area contributed by atoms with Gasteiger partial charge in [-0.1, -0.05) is 19.1 Å². The number of rotatable bonds is 4. The average Bonchev–Trinajstić information content (AvgIpc) is 2.46. The fourth-order valence-corrected chi connectivity index (χ4v) is 2.01. The Hall–Kier alpha value is -2.44. The Bertz CT molecular complexity index is 557. The number of hydrogen-bond donors (Lipinski definition) is 2. The first kappa shape index (κ1) is 15.0. The maximum atomic E-state index is 11.9. The van der Waals surface area contributed by atoms with Crippen LogP contribution in [0.5, 0.6) is 0 Å². The molecule has 2 amide bonds. The highest BCUT2D eigenvalue weighted by atomic mass is 19.1. The molecule has 1 atom stereocenters. The van der Waals surface area contributed by atoms with Gasteiger partial charge in [-0.05, 0) is 17.7 Å². The molecule has 2 N–H and O–H groups in total. The molecule has 6 nitrogen and oxygen atoms in total. The van der Waals surface area contributed by atoms with E-state index in [9.17, 15) is 14.0 Å². The van der Waals surface area contributed by atoms with Gasteiger partial charge in [-0.2, -0.15) is 5.10 Å². The summed E-state index contributed by atoms with van der Waals surface area (Å²) in [6.45, 7) is 0.950. The molecule has 0 radical (unpaired) electrons. The largest absolute Gasteiger partial charge is 0.447 e. The monoisotopic (exact) mass is 293 g/mol. The van der Waals surface area contributed by atoms with Gasteiger partial charge in [0.05, 0.1) is 5.71 Å². The van der Waals surface area contributed by atoms with Crippen molar-refractivity contribution in [2.24, 2.45) is 11.0 Å². The summed E-state index contributed by atoms with van der Waals surface area (Å²) in [6.07, 6.45) is -0.301. The quantitative estimate of drug-likeness (QED) is 0.891. The predicted octanol–water partition coefficient (Wildman–Crippen LogP) is 2.06. The molecule has 0 aliphatic carbocycles. The van der Waals surface area contributed by atoms with E-state index in [0.29, 0.717) is 12.1 Å². The minimum Gasteiger partial charge on any atom is -0.447 e. The van der Waals surface area contributed by atoms with Crippen LogP contribution in [0.3, 0.4) is 0 Å². The minimum atomic E-state index is -0.713. The zero-order valence-electron chi connectivity index (χ0n) is 11.6. The van der Waals surface area contributed by atoms with Crippen molar-refractivity contribution in [1.29, 1.82) is 0 Å². The van der Waals surface area contributed by atoms with Crippen molar-refractivity contribution in [2.45, 2.75) is 13.3 Å². The van der Waals surface area contributed by atoms with E-state index >= 15 is 0 Å². The SMILES string of the molecule is CC1CC(=O)NN=C1c1ccc(NC(=O)OCCF)cc1. The van der Waals surface area contributed by atoms with Crippen LogP contribution in [0.4, 0.5) is 14.9 Å². The van der Waals surface area contributed by atoms with Crippen LogP contribution in [0.25, 0.3) is 0 Å². The number of benzene rings is 1. The van der Waals surface area contributed by atoms with Crippen LogP contribution in [-0.4, -0.2) is 31.0 Å². The number of anilines is 1. The van der Waals surface area contributed by atoms with Crippen LogP contribution in [0.2, 0.25) is 0 Å². The highest BCUT2D eigenvalue weighted by molar-refractivity contribution is 6.06. The van der Waals surface area contributed by atoms with Gasteiger partial charge in [0.1, 0.15) is 13.3 Å². The van der Waals surface area contributed by atoms with Crippen molar-refractivity contribution in [3.63, 3.8) is 0 Å². The number of nitrogens with one attached hydrogen (secondary N) is 2. The number of halogens is 1. The van der Waals surface area contributed by atoms with E-state index < -0.39 is 12.8 Å². The van der Waals surface area contributed by atoms with E-state index in [1.807, 2.05) is 6.92 Å². The number of ether oxygens (including phenoxy) is 1. The Kier molecular flexibility index (Phi) is 4.86. The normalized spacial score (nSPS) is 17.7. The van der Waals surface area contributed by atoms with Gasteiger partial charge >= 0.3 is 6.09 Å². The second kappa shape index (κ2) is 6.83. The van der Waals surface area contributed by atoms with Gasteiger partial charge in [-0.25, -0.2) is 14.6 Å². The van der Waals surface area contributed by atoms with Crippen molar-refractivity contribution < 1.29 is 18.7 Å². The smallest absolute Gasteiger partial charge is 0.411 e. The van der Waals surface area contributed by atoms with Crippen LogP contribution >= 0.6 is 0 Å². The molecule has 0 bridgehead atoms. The Morgan fingerprint density at radius 3 is 2.81 bits per heavy atom. The summed E-state index contributed by atoms with van der Waals surface area (Å²) in [7, 11) is 0. The van der Waals surface area contributed by atoms with Gasteiger partial charge < -0.3 is 4.74 Å². The molecule has 0 fully saturated rings. The maximum Gasteiger partial charge on any atom is 0.411 e. The van der Waals surface area contributed by atoms with Crippen LogP contribution < -0.4 is 10.7 Å². The molecule has 1 aromatic rings. The van der Waals surface area contributed by atoms with E-state index in [2.05, 4.69) is 20.6 Å². The van der Waals surface area contributed by atoms with Crippen molar-refractivity contribution in [3.05, 3.63) is 29.8 Å². The molecular formula is C14H16FN3O3. The minimum absolute atomic E-state index is 0.0343. The second-order valence-corrected chi connectivity index (χ2v) is 4.66.